The third-order valence-electron chi connectivity index (χ3n) is 2.79. The zero-order valence-electron chi connectivity index (χ0n) is 8.23. The van der Waals surface area contributed by atoms with Crippen molar-refractivity contribution < 1.29 is 0 Å². The topological polar surface area (TPSA) is 12.0 Å². The summed E-state index contributed by atoms with van der Waals surface area (Å²) in [7, 11) is 0. The molecule has 70 valence electrons. The van der Waals surface area contributed by atoms with Crippen LogP contribution in [-0.4, -0.2) is 13.1 Å². The van der Waals surface area contributed by atoms with Crippen molar-refractivity contribution in [1.29, 1.82) is 0 Å². The molecule has 0 aliphatic carbocycles. The van der Waals surface area contributed by atoms with E-state index < -0.39 is 0 Å². The lowest BCUT2D eigenvalue weighted by Crippen LogP contribution is -2.51. The van der Waals surface area contributed by atoms with E-state index in [-0.39, 0.29) is 0 Å². The van der Waals surface area contributed by atoms with Gasteiger partial charge in [-0.05, 0) is 24.7 Å². The Bertz CT molecular complexity index is 136. The fourth-order valence-electron chi connectivity index (χ4n) is 1.75. The molecule has 0 radical (unpaired) electrons. The van der Waals surface area contributed by atoms with Crippen molar-refractivity contribution in [3.05, 3.63) is 12.7 Å². The summed E-state index contributed by atoms with van der Waals surface area (Å²) in [4.78, 5) is 0. The summed E-state index contributed by atoms with van der Waals surface area (Å²) in [5.41, 5.74) is 0.633. The van der Waals surface area contributed by atoms with Crippen molar-refractivity contribution in [2.24, 2.45) is 5.41 Å². The molecule has 1 N–H and O–H groups in total. The lowest BCUT2D eigenvalue weighted by molar-refractivity contribution is 0.174. The standard InChI is InChI=1S/C11H21N/c1-3-4-5-6-7-8-11(2)9-12-10-11/h3,12H,1,4-10H2,2H3. The van der Waals surface area contributed by atoms with Crippen molar-refractivity contribution >= 4 is 0 Å². The smallest absolute Gasteiger partial charge is 0.00176 e. The monoisotopic (exact) mass is 167 g/mol. The average molecular weight is 167 g/mol. The van der Waals surface area contributed by atoms with E-state index in [0.29, 0.717) is 5.41 Å². The van der Waals surface area contributed by atoms with Crippen LogP contribution >= 0.6 is 0 Å². The maximum absolute atomic E-state index is 3.72. The number of rotatable bonds is 6. The molecule has 1 rings (SSSR count). The zero-order valence-corrected chi connectivity index (χ0v) is 8.23. The molecule has 1 fully saturated rings. The van der Waals surface area contributed by atoms with E-state index in [1.54, 1.807) is 0 Å². The van der Waals surface area contributed by atoms with Crippen LogP contribution in [0, 0.1) is 5.41 Å². The zero-order chi connectivity index (χ0) is 8.86. The largest absolute Gasteiger partial charge is 0.316 e. The maximum Gasteiger partial charge on any atom is 0.00176 e. The Morgan fingerprint density at radius 1 is 1.33 bits per heavy atom. The van der Waals surface area contributed by atoms with Gasteiger partial charge in [0.05, 0.1) is 0 Å². The van der Waals surface area contributed by atoms with Crippen LogP contribution in [-0.2, 0) is 0 Å². The molecule has 0 aromatic heterocycles. The molecule has 0 saturated carbocycles. The molecule has 0 aromatic carbocycles. The van der Waals surface area contributed by atoms with Gasteiger partial charge in [0, 0.05) is 13.1 Å². The molecule has 1 aliphatic heterocycles. The Morgan fingerprint density at radius 2 is 2.08 bits per heavy atom. The van der Waals surface area contributed by atoms with E-state index in [1.165, 1.54) is 45.2 Å². The maximum atomic E-state index is 3.72. The molecule has 0 unspecified atom stereocenters. The first-order chi connectivity index (χ1) is 5.77. The molecule has 12 heavy (non-hydrogen) atoms. The number of unbranched alkanes of at least 4 members (excludes halogenated alkanes) is 3. The Balaban J connectivity index is 1.91. The van der Waals surface area contributed by atoms with E-state index in [0.717, 1.165) is 0 Å². The van der Waals surface area contributed by atoms with Gasteiger partial charge in [-0.1, -0.05) is 25.8 Å². The van der Waals surface area contributed by atoms with Gasteiger partial charge in [-0.3, -0.25) is 0 Å². The minimum Gasteiger partial charge on any atom is -0.316 e. The second-order valence-corrected chi connectivity index (χ2v) is 4.30. The molecule has 1 saturated heterocycles. The molecule has 0 spiro atoms. The Morgan fingerprint density at radius 3 is 2.58 bits per heavy atom. The number of hydrogen-bond donors (Lipinski definition) is 1. The second kappa shape index (κ2) is 4.66. The lowest BCUT2D eigenvalue weighted by atomic mass is 9.79. The fourth-order valence-corrected chi connectivity index (χ4v) is 1.75. The molecule has 0 aromatic rings. The van der Waals surface area contributed by atoms with Crippen molar-refractivity contribution in [2.45, 2.75) is 39.0 Å². The van der Waals surface area contributed by atoms with E-state index in [4.69, 9.17) is 0 Å². The van der Waals surface area contributed by atoms with Crippen molar-refractivity contribution in [2.75, 3.05) is 13.1 Å². The van der Waals surface area contributed by atoms with Gasteiger partial charge in [0.15, 0.2) is 0 Å². The molecule has 1 aliphatic rings. The summed E-state index contributed by atoms with van der Waals surface area (Å²) >= 11 is 0. The highest BCUT2D eigenvalue weighted by Gasteiger charge is 2.30. The first-order valence-corrected chi connectivity index (χ1v) is 5.08. The van der Waals surface area contributed by atoms with Crippen LogP contribution in [0.2, 0.25) is 0 Å². The van der Waals surface area contributed by atoms with E-state index in [2.05, 4.69) is 18.8 Å². The molecular weight excluding hydrogens is 146 g/mol. The van der Waals surface area contributed by atoms with Crippen LogP contribution in [0.5, 0.6) is 0 Å². The first kappa shape index (κ1) is 9.79. The minimum atomic E-state index is 0.633. The summed E-state index contributed by atoms with van der Waals surface area (Å²) in [6, 6.07) is 0. The summed E-state index contributed by atoms with van der Waals surface area (Å²) in [6.07, 6.45) is 8.71. The summed E-state index contributed by atoms with van der Waals surface area (Å²) in [5.74, 6) is 0. The molecule has 0 amide bonds. The SMILES string of the molecule is C=CCCCCCC1(C)CNC1. The quantitative estimate of drug-likeness (QED) is 0.474. The van der Waals surface area contributed by atoms with Crippen LogP contribution in [0.1, 0.15) is 39.0 Å². The highest BCUT2D eigenvalue weighted by atomic mass is 15.0. The molecule has 0 atom stereocenters. The van der Waals surface area contributed by atoms with E-state index in [1.807, 2.05) is 6.08 Å². The number of nitrogens with one attached hydrogen (secondary N) is 1. The molecule has 0 bridgehead atoms. The normalized spacial score (nSPS) is 20.1. The van der Waals surface area contributed by atoms with Gasteiger partial charge < -0.3 is 5.32 Å². The third-order valence-corrected chi connectivity index (χ3v) is 2.79. The molecule has 1 nitrogen and oxygen atoms in total. The highest BCUT2D eigenvalue weighted by Crippen LogP contribution is 2.28. The van der Waals surface area contributed by atoms with Gasteiger partial charge in [-0.15, -0.1) is 6.58 Å². The molecule has 1 heterocycles. The van der Waals surface area contributed by atoms with Gasteiger partial charge in [-0.2, -0.15) is 0 Å². The highest BCUT2D eigenvalue weighted by molar-refractivity contribution is 4.87. The van der Waals surface area contributed by atoms with Crippen LogP contribution in [0.25, 0.3) is 0 Å². The van der Waals surface area contributed by atoms with E-state index in [9.17, 15) is 0 Å². The summed E-state index contributed by atoms with van der Waals surface area (Å²) in [6.45, 7) is 8.57. The van der Waals surface area contributed by atoms with Crippen molar-refractivity contribution in [1.82, 2.24) is 5.32 Å². The second-order valence-electron chi connectivity index (χ2n) is 4.30. The third kappa shape index (κ3) is 2.98. The van der Waals surface area contributed by atoms with Crippen LogP contribution in [0.4, 0.5) is 0 Å². The predicted molar refractivity (Wildman–Crippen MR) is 54.3 cm³/mol. The lowest BCUT2D eigenvalue weighted by Gasteiger charge is -2.39. The Hall–Kier alpha value is -0.300. The van der Waals surface area contributed by atoms with Crippen LogP contribution in [0.3, 0.4) is 0 Å². The van der Waals surface area contributed by atoms with Crippen LogP contribution in [0.15, 0.2) is 12.7 Å². The first-order valence-electron chi connectivity index (χ1n) is 5.08. The van der Waals surface area contributed by atoms with E-state index >= 15 is 0 Å². The average Bonchev–Trinajstić information content (AvgIpc) is 2.01. The number of hydrogen-bond acceptors (Lipinski definition) is 1. The van der Waals surface area contributed by atoms with Gasteiger partial charge in [-0.25, -0.2) is 0 Å². The van der Waals surface area contributed by atoms with Gasteiger partial charge in [0.2, 0.25) is 0 Å². The Labute approximate surface area is 76.2 Å². The Kier molecular flexibility index (Phi) is 3.80. The summed E-state index contributed by atoms with van der Waals surface area (Å²) < 4.78 is 0. The molecule has 1 heteroatoms. The van der Waals surface area contributed by atoms with Crippen molar-refractivity contribution in [3.8, 4) is 0 Å². The number of allylic oxidation sites excluding steroid dienone is 1. The fraction of sp³-hybridized carbons (Fsp3) is 0.818. The minimum absolute atomic E-state index is 0.633. The molecular formula is C11H21N. The van der Waals surface area contributed by atoms with Gasteiger partial charge in [0.1, 0.15) is 0 Å². The van der Waals surface area contributed by atoms with Crippen molar-refractivity contribution in [3.63, 3.8) is 0 Å². The predicted octanol–water partition coefficient (Wildman–Crippen LogP) is 2.73. The summed E-state index contributed by atoms with van der Waals surface area (Å²) in [5, 5.41) is 3.34. The van der Waals surface area contributed by atoms with Gasteiger partial charge >= 0.3 is 0 Å². The van der Waals surface area contributed by atoms with Gasteiger partial charge in [0.25, 0.3) is 0 Å². The van der Waals surface area contributed by atoms with Crippen LogP contribution < -0.4 is 5.32 Å².